The number of hydrogen-bond donors (Lipinski definition) is 2. The highest BCUT2D eigenvalue weighted by Crippen LogP contribution is 2.30. The lowest BCUT2D eigenvalue weighted by Crippen LogP contribution is -2.52. The molecule has 2 aliphatic heterocycles. The van der Waals surface area contributed by atoms with Gasteiger partial charge in [-0.05, 0) is 35.7 Å². The summed E-state index contributed by atoms with van der Waals surface area (Å²) in [6.45, 7) is -0.148. The van der Waals surface area contributed by atoms with Crippen molar-refractivity contribution in [2.45, 2.75) is 37.9 Å². The van der Waals surface area contributed by atoms with Crippen LogP contribution in [0.4, 0.5) is 8.78 Å². The molecule has 4 amide bonds. The van der Waals surface area contributed by atoms with Gasteiger partial charge in [0.15, 0.2) is 0 Å². The van der Waals surface area contributed by atoms with E-state index in [0.29, 0.717) is 16.7 Å². The van der Waals surface area contributed by atoms with E-state index in [9.17, 15) is 28.0 Å². The van der Waals surface area contributed by atoms with Crippen LogP contribution >= 0.6 is 11.6 Å². The molecule has 4 rings (SSSR count). The van der Waals surface area contributed by atoms with Crippen LogP contribution in [0.1, 0.15) is 42.6 Å². The van der Waals surface area contributed by atoms with Crippen LogP contribution in [0.25, 0.3) is 0 Å². The fraction of sp³-hybridized carbons (Fsp3) is 0.273. The van der Waals surface area contributed by atoms with Gasteiger partial charge in [-0.3, -0.25) is 24.5 Å². The first-order valence-electron chi connectivity index (χ1n) is 10.7. The Hall–Kier alpha value is -3.33. The van der Waals surface area contributed by atoms with E-state index >= 15 is 0 Å². The predicted molar refractivity (Wildman–Crippen MR) is 110 cm³/mol. The Balaban J connectivity index is 1.45. The standard InChI is InChI=1S/C22H18ClF2N3O4/c23-15-4-2-14(3-5-15)22(24,25)21(32)26-10-12-1-6-16-13(9-12)11-28(20(16)31)17-7-8-18(29)27-19(17)30/h1-6,9,17H,7-8,10-11H2,(H,26,32)(H,27,29,30)/i4D,5D. The van der Waals surface area contributed by atoms with E-state index in [1.807, 2.05) is 0 Å². The first-order valence-corrected chi connectivity index (χ1v) is 10.1. The molecule has 2 aliphatic rings. The third-order valence-electron chi connectivity index (χ3n) is 5.40. The SMILES string of the molecule is [2H]c1cc(C(F)(F)C(=O)NCc2ccc3c(c2)CN(C2CCC(=O)NC2=O)C3=O)cc([2H])c1Cl. The highest BCUT2D eigenvalue weighted by atomic mass is 35.5. The zero-order chi connectivity index (χ0) is 24.8. The quantitative estimate of drug-likeness (QED) is 0.666. The monoisotopic (exact) mass is 463 g/mol. The fourth-order valence-electron chi connectivity index (χ4n) is 3.71. The van der Waals surface area contributed by atoms with Gasteiger partial charge in [-0.15, -0.1) is 0 Å². The number of nitrogens with zero attached hydrogens (tertiary/aromatic N) is 1. The van der Waals surface area contributed by atoms with Crippen LogP contribution in [0.15, 0.2) is 42.4 Å². The zero-order valence-corrected chi connectivity index (χ0v) is 17.3. The molecule has 0 aliphatic carbocycles. The predicted octanol–water partition coefficient (Wildman–Crippen LogP) is 2.51. The van der Waals surface area contributed by atoms with Crippen molar-refractivity contribution in [2.75, 3.05) is 0 Å². The van der Waals surface area contributed by atoms with Crippen molar-refractivity contribution >= 4 is 35.2 Å². The Bertz CT molecular complexity index is 1220. The summed E-state index contributed by atoms with van der Waals surface area (Å²) in [4.78, 5) is 49.8. The van der Waals surface area contributed by atoms with E-state index in [-0.39, 0.29) is 36.9 Å². The number of piperidine rings is 1. The van der Waals surface area contributed by atoms with E-state index in [1.165, 1.54) is 17.0 Å². The first-order chi connectivity index (χ1) is 16.0. The molecule has 0 aromatic heterocycles. The van der Waals surface area contributed by atoms with Gasteiger partial charge in [0, 0.05) is 35.7 Å². The molecule has 32 heavy (non-hydrogen) atoms. The Labute approximate surface area is 189 Å². The number of hydrogen-bond acceptors (Lipinski definition) is 4. The van der Waals surface area contributed by atoms with E-state index in [4.69, 9.17) is 14.3 Å². The minimum Gasteiger partial charge on any atom is -0.346 e. The summed E-state index contributed by atoms with van der Waals surface area (Å²) in [5, 5.41) is 4.06. The number of nitrogens with one attached hydrogen (secondary N) is 2. The molecule has 10 heteroatoms. The van der Waals surface area contributed by atoms with Gasteiger partial charge in [0.25, 0.3) is 11.8 Å². The number of carbonyl (C=O) groups is 4. The molecule has 2 aromatic carbocycles. The fourth-order valence-corrected chi connectivity index (χ4v) is 3.82. The number of benzene rings is 2. The maximum atomic E-state index is 14.6. The van der Waals surface area contributed by atoms with E-state index in [1.54, 1.807) is 6.07 Å². The number of halogens is 3. The molecule has 2 heterocycles. The van der Waals surface area contributed by atoms with Gasteiger partial charge < -0.3 is 10.2 Å². The van der Waals surface area contributed by atoms with Crippen LogP contribution in [0.2, 0.25) is 5.02 Å². The summed E-state index contributed by atoms with van der Waals surface area (Å²) in [6.07, 6.45) is 0.340. The molecule has 1 fully saturated rings. The van der Waals surface area contributed by atoms with Crippen molar-refractivity contribution in [2.24, 2.45) is 0 Å². The van der Waals surface area contributed by atoms with Gasteiger partial charge >= 0.3 is 5.92 Å². The Morgan fingerprint density at radius 1 is 1.25 bits per heavy atom. The lowest BCUT2D eigenvalue weighted by molar-refractivity contribution is -0.147. The molecule has 1 unspecified atom stereocenters. The third kappa shape index (κ3) is 4.08. The van der Waals surface area contributed by atoms with Crippen LogP contribution in [-0.4, -0.2) is 34.6 Å². The molecular formula is C22H18ClF2N3O4. The third-order valence-corrected chi connectivity index (χ3v) is 5.62. The topological polar surface area (TPSA) is 95.6 Å². The average Bonchev–Trinajstić information content (AvgIpc) is 3.10. The van der Waals surface area contributed by atoms with Gasteiger partial charge in [-0.25, -0.2) is 0 Å². The molecular weight excluding hydrogens is 444 g/mol. The van der Waals surface area contributed by atoms with Crippen LogP contribution in [0.5, 0.6) is 0 Å². The molecule has 0 bridgehead atoms. The Morgan fingerprint density at radius 3 is 2.66 bits per heavy atom. The molecule has 2 aromatic rings. The van der Waals surface area contributed by atoms with Crippen LogP contribution in [-0.2, 0) is 33.4 Å². The number of alkyl halides is 2. The second kappa shape index (κ2) is 8.31. The zero-order valence-electron chi connectivity index (χ0n) is 18.5. The second-order valence-electron chi connectivity index (χ2n) is 7.50. The molecule has 0 spiro atoms. The smallest absolute Gasteiger partial charge is 0.346 e. The van der Waals surface area contributed by atoms with E-state index in [2.05, 4.69) is 10.6 Å². The van der Waals surface area contributed by atoms with Crippen LogP contribution in [0.3, 0.4) is 0 Å². The summed E-state index contributed by atoms with van der Waals surface area (Å²) >= 11 is 5.67. The number of imide groups is 1. The molecule has 0 radical (unpaired) electrons. The lowest BCUT2D eigenvalue weighted by atomic mass is 10.0. The van der Waals surface area contributed by atoms with Crippen molar-refractivity contribution in [3.8, 4) is 0 Å². The largest absolute Gasteiger partial charge is 0.349 e. The van der Waals surface area contributed by atoms with Gasteiger partial charge in [0.1, 0.15) is 6.04 Å². The second-order valence-corrected chi connectivity index (χ2v) is 7.87. The van der Waals surface area contributed by atoms with Gasteiger partial charge in [-0.1, -0.05) is 35.9 Å². The average molecular weight is 464 g/mol. The summed E-state index contributed by atoms with van der Waals surface area (Å²) in [7, 11) is 0. The van der Waals surface area contributed by atoms with Crippen molar-refractivity contribution < 1.29 is 30.7 Å². The number of fused-ring (bicyclic) bond motifs is 1. The highest BCUT2D eigenvalue weighted by molar-refractivity contribution is 6.30. The maximum Gasteiger partial charge on any atom is 0.349 e. The molecule has 166 valence electrons. The number of carbonyl (C=O) groups excluding carboxylic acids is 4. The lowest BCUT2D eigenvalue weighted by Gasteiger charge is -2.29. The van der Waals surface area contributed by atoms with E-state index < -0.39 is 47.3 Å². The summed E-state index contributed by atoms with van der Waals surface area (Å²) in [5.41, 5.74) is 0.573. The highest BCUT2D eigenvalue weighted by Gasteiger charge is 2.41. The first kappa shape index (κ1) is 19.4. The summed E-state index contributed by atoms with van der Waals surface area (Å²) in [5.74, 6) is -6.91. The van der Waals surface area contributed by atoms with Crippen molar-refractivity contribution in [3.05, 3.63) is 69.7 Å². The normalized spacial score (nSPS) is 19.3. The summed E-state index contributed by atoms with van der Waals surface area (Å²) < 4.78 is 44.3. The van der Waals surface area contributed by atoms with Gasteiger partial charge in [0.2, 0.25) is 11.8 Å². The minimum absolute atomic E-state index is 0.113. The van der Waals surface area contributed by atoms with Crippen LogP contribution < -0.4 is 10.6 Å². The Morgan fingerprint density at radius 2 is 1.97 bits per heavy atom. The molecule has 1 saturated heterocycles. The van der Waals surface area contributed by atoms with Crippen molar-refractivity contribution in [1.82, 2.24) is 15.5 Å². The minimum atomic E-state index is -3.99. The molecule has 0 saturated carbocycles. The van der Waals surface area contributed by atoms with Gasteiger partial charge in [-0.2, -0.15) is 8.78 Å². The number of rotatable bonds is 5. The Kier molecular flexibility index (Phi) is 5.03. The number of amides is 4. The van der Waals surface area contributed by atoms with Crippen LogP contribution in [0, 0.1) is 0 Å². The molecule has 2 N–H and O–H groups in total. The van der Waals surface area contributed by atoms with Gasteiger partial charge in [0.05, 0.1) is 2.74 Å². The summed E-state index contributed by atoms with van der Waals surface area (Å²) in [6, 6.07) is 4.33. The van der Waals surface area contributed by atoms with Crippen molar-refractivity contribution in [3.63, 3.8) is 0 Å². The molecule has 7 nitrogen and oxygen atoms in total. The maximum absolute atomic E-state index is 14.6. The molecule has 1 atom stereocenters. The van der Waals surface area contributed by atoms with Crippen molar-refractivity contribution in [1.29, 1.82) is 0 Å². The van der Waals surface area contributed by atoms with E-state index in [0.717, 1.165) is 12.1 Å².